The number of rotatable bonds is 7. The lowest BCUT2D eigenvalue weighted by Crippen LogP contribution is -2.30. The van der Waals surface area contributed by atoms with Gasteiger partial charge in [-0.1, -0.05) is 12.1 Å². The summed E-state index contributed by atoms with van der Waals surface area (Å²) in [7, 11) is 0. The number of carbonyl (C=O) groups is 3. The van der Waals surface area contributed by atoms with E-state index < -0.39 is 18.0 Å². The molecule has 7 nitrogen and oxygen atoms in total. The van der Waals surface area contributed by atoms with E-state index in [0.717, 1.165) is 43.9 Å². The second-order valence-corrected chi connectivity index (χ2v) is 8.41. The summed E-state index contributed by atoms with van der Waals surface area (Å²) in [6.07, 6.45) is 2.98. The van der Waals surface area contributed by atoms with E-state index in [4.69, 9.17) is 4.74 Å². The van der Waals surface area contributed by atoms with Crippen molar-refractivity contribution in [2.75, 3.05) is 29.9 Å². The molecule has 2 aromatic carbocycles. The van der Waals surface area contributed by atoms with Gasteiger partial charge in [-0.3, -0.25) is 14.5 Å². The van der Waals surface area contributed by atoms with Crippen molar-refractivity contribution in [3.8, 4) is 0 Å². The van der Waals surface area contributed by atoms with Crippen LogP contribution in [-0.4, -0.2) is 48.4 Å². The first-order chi connectivity index (χ1) is 15.5. The van der Waals surface area contributed by atoms with E-state index in [1.54, 1.807) is 48.2 Å². The minimum atomic E-state index is -0.938. The van der Waals surface area contributed by atoms with Crippen LogP contribution in [0.15, 0.2) is 48.5 Å². The zero-order chi connectivity index (χ0) is 22.5. The summed E-state index contributed by atoms with van der Waals surface area (Å²) >= 11 is 0. The number of amides is 2. The van der Waals surface area contributed by atoms with Crippen molar-refractivity contribution in [2.24, 2.45) is 0 Å². The predicted molar refractivity (Wildman–Crippen MR) is 122 cm³/mol. The van der Waals surface area contributed by atoms with Crippen LogP contribution in [0.5, 0.6) is 0 Å². The van der Waals surface area contributed by atoms with E-state index in [-0.39, 0.29) is 5.91 Å². The monoisotopic (exact) mass is 435 g/mol. The molecule has 2 heterocycles. The van der Waals surface area contributed by atoms with Crippen molar-refractivity contribution >= 4 is 29.2 Å². The summed E-state index contributed by atoms with van der Waals surface area (Å²) in [6, 6.07) is 14.5. The maximum Gasteiger partial charge on any atom is 0.338 e. The van der Waals surface area contributed by atoms with Crippen molar-refractivity contribution in [1.29, 1.82) is 0 Å². The first kappa shape index (κ1) is 22.0. The molecule has 0 bridgehead atoms. The lowest BCUT2D eigenvalue weighted by Gasteiger charge is -2.17. The predicted octanol–water partition coefficient (Wildman–Crippen LogP) is 3.59. The number of hydrogen-bond donors (Lipinski definition) is 1. The molecule has 1 unspecified atom stereocenters. The summed E-state index contributed by atoms with van der Waals surface area (Å²) in [5, 5.41) is 2.75. The van der Waals surface area contributed by atoms with Crippen LogP contribution in [0.25, 0.3) is 0 Å². The maximum absolute atomic E-state index is 12.5. The Kier molecular flexibility index (Phi) is 6.85. The first-order valence-corrected chi connectivity index (χ1v) is 11.2. The average Bonchev–Trinajstić information content (AvgIpc) is 3.46. The zero-order valence-electron chi connectivity index (χ0n) is 18.4. The highest BCUT2D eigenvalue weighted by Gasteiger charge is 2.22. The molecule has 0 saturated carbocycles. The Morgan fingerprint density at radius 2 is 1.66 bits per heavy atom. The molecule has 7 heteroatoms. The number of nitrogens with zero attached hydrogens (tertiary/aromatic N) is 2. The molecular formula is C25H29N3O4. The molecule has 2 aliphatic heterocycles. The van der Waals surface area contributed by atoms with E-state index in [1.165, 1.54) is 12.8 Å². The highest BCUT2D eigenvalue weighted by molar-refractivity contribution is 5.98. The van der Waals surface area contributed by atoms with E-state index in [0.29, 0.717) is 17.7 Å². The van der Waals surface area contributed by atoms with Gasteiger partial charge in [0.15, 0.2) is 6.10 Å². The van der Waals surface area contributed by atoms with Crippen molar-refractivity contribution in [3.05, 3.63) is 59.7 Å². The molecule has 2 fully saturated rings. The second kappa shape index (κ2) is 9.96. The Balaban J connectivity index is 1.28. The topological polar surface area (TPSA) is 79.0 Å². The summed E-state index contributed by atoms with van der Waals surface area (Å²) in [6.45, 7) is 5.40. The highest BCUT2D eigenvalue weighted by atomic mass is 16.5. The van der Waals surface area contributed by atoms with Gasteiger partial charge in [-0.15, -0.1) is 0 Å². The van der Waals surface area contributed by atoms with E-state index >= 15 is 0 Å². The van der Waals surface area contributed by atoms with Crippen molar-refractivity contribution in [1.82, 2.24) is 4.90 Å². The van der Waals surface area contributed by atoms with Crippen molar-refractivity contribution in [3.63, 3.8) is 0 Å². The van der Waals surface area contributed by atoms with Crippen LogP contribution in [-0.2, 0) is 20.9 Å². The number of anilines is 2. The molecule has 4 rings (SSSR count). The van der Waals surface area contributed by atoms with Crippen LogP contribution in [0.3, 0.4) is 0 Å². The lowest BCUT2D eigenvalue weighted by atomic mass is 10.1. The smallest absolute Gasteiger partial charge is 0.338 e. The van der Waals surface area contributed by atoms with Gasteiger partial charge in [0, 0.05) is 30.9 Å². The van der Waals surface area contributed by atoms with Gasteiger partial charge in [0.25, 0.3) is 5.91 Å². The van der Waals surface area contributed by atoms with Gasteiger partial charge in [0.1, 0.15) is 0 Å². The number of nitrogens with one attached hydrogen (secondary N) is 1. The lowest BCUT2D eigenvalue weighted by molar-refractivity contribution is -0.123. The van der Waals surface area contributed by atoms with Crippen molar-refractivity contribution < 1.29 is 19.1 Å². The van der Waals surface area contributed by atoms with Crippen LogP contribution < -0.4 is 10.2 Å². The second-order valence-electron chi connectivity index (χ2n) is 8.41. The number of likely N-dealkylation sites (tertiary alicyclic amines) is 1. The van der Waals surface area contributed by atoms with E-state index in [9.17, 15) is 14.4 Å². The van der Waals surface area contributed by atoms with Gasteiger partial charge in [0.05, 0.1) is 5.56 Å². The molecule has 0 spiro atoms. The van der Waals surface area contributed by atoms with Gasteiger partial charge >= 0.3 is 5.97 Å². The molecule has 168 valence electrons. The number of esters is 1. The Labute approximate surface area is 188 Å². The number of ether oxygens (including phenoxy) is 1. The van der Waals surface area contributed by atoms with Crippen LogP contribution in [0.2, 0.25) is 0 Å². The molecule has 2 aromatic rings. The van der Waals surface area contributed by atoms with E-state index in [2.05, 4.69) is 10.2 Å². The van der Waals surface area contributed by atoms with Gasteiger partial charge in [0.2, 0.25) is 5.91 Å². The number of hydrogen-bond acceptors (Lipinski definition) is 5. The third-order valence-electron chi connectivity index (χ3n) is 5.97. The molecule has 2 amide bonds. The van der Waals surface area contributed by atoms with Gasteiger partial charge in [-0.2, -0.15) is 0 Å². The number of benzene rings is 2. The fraction of sp³-hybridized carbons (Fsp3) is 0.400. The quantitative estimate of drug-likeness (QED) is 0.673. The third-order valence-corrected chi connectivity index (χ3v) is 5.97. The molecule has 1 atom stereocenters. The van der Waals surface area contributed by atoms with E-state index in [1.807, 2.05) is 12.1 Å². The third kappa shape index (κ3) is 5.34. The van der Waals surface area contributed by atoms with Gasteiger partial charge in [-0.25, -0.2) is 4.79 Å². The van der Waals surface area contributed by atoms with Crippen molar-refractivity contribution in [2.45, 2.75) is 45.3 Å². The van der Waals surface area contributed by atoms with Crippen LogP contribution >= 0.6 is 0 Å². The summed E-state index contributed by atoms with van der Waals surface area (Å²) in [5.41, 5.74) is 2.99. The van der Waals surface area contributed by atoms with Crippen LogP contribution in [0.4, 0.5) is 11.4 Å². The highest BCUT2D eigenvalue weighted by Crippen LogP contribution is 2.23. The Hall–Kier alpha value is -3.19. The summed E-state index contributed by atoms with van der Waals surface area (Å²) < 4.78 is 5.35. The molecule has 0 radical (unpaired) electrons. The largest absolute Gasteiger partial charge is 0.449 e. The van der Waals surface area contributed by atoms with Gasteiger partial charge < -0.3 is 15.0 Å². The summed E-state index contributed by atoms with van der Waals surface area (Å²) in [4.78, 5) is 40.9. The maximum atomic E-state index is 12.5. The average molecular weight is 436 g/mol. The molecule has 0 aromatic heterocycles. The van der Waals surface area contributed by atoms with Gasteiger partial charge in [-0.05, 0) is 81.2 Å². The molecule has 2 saturated heterocycles. The number of carbonyl (C=O) groups excluding carboxylic acids is 3. The fourth-order valence-electron chi connectivity index (χ4n) is 4.12. The molecule has 0 aliphatic carbocycles. The standard InChI is InChI=1S/C25H29N3O4/c1-18(24(30)26-21-10-12-22(13-11-21)28-16-4-5-23(28)29)32-25(31)20-8-6-19(7-9-20)17-27-14-2-3-15-27/h6-13,18H,2-5,14-17H2,1H3,(H,26,30). The zero-order valence-corrected chi connectivity index (χ0v) is 18.4. The molecule has 2 aliphatic rings. The Morgan fingerprint density at radius 1 is 0.969 bits per heavy atom. The van der Waals surface area contributed by atoms with Crippen LogP contribution in [0, 0.1) is 0 Å². The summed E-state index contributed by atoms with van der Waals surface area (Å²) in [5.74, 6) is -0.816. The van der Waals surface area contributed by atoms with Crippen LogP contribution in [0.1, 0.15) is 48.5 Å². The minimum absolute atomic E-state index is 0.117. The Bertz CT molecular complexity index is 966. The minimum Gasteiger partial charge on any atom is -0.449 e. The normalized spacial score (nSPS) is 17.4. The molecular weight excluding hydrogens is 406 g/mol. The Morgan fingerprint density at radius 3 is 2.28 bits per heavy atom. The SMILES string of the molecule is CC(OC(=O)c1ccc(CN2CCCC2)cc1)C(=O)Nc1ccc(N2CCCC2=O)cc1. The first-order valence-electron chi connectivity index (χ1n) is 11.2. The molecule has 1 N–H and O–H groups in total. The molecule has 32 heavy (non-hydrogen) atoms. The fourth-order valence-corrected chi connectivity index (χ4v) is 4.12.